The molecule has 0 amide bonds. The van der Waals surface area contributed by atoms with Crippen LogP contribution in [0.25, 0.3) is 0 Å². The van der Waals surface area contributed by atoms with E-state index in [2.05, 4.69) is 5.32 Å². The number of nitrogens with one attached hydrogen (secondary N) is 1. The Balaban J connectivity index is 2.27. The molecule has 2 rings (SSSR count). The van der Waals surface area contributed by atoms with E-state index in [0.29, 0.717) is 10.8 Å². The van der Waals surface area contributed by atoms with Crippen LogP contribution >= 0.6 is 23.2 Å². The Hall–Kier alpha value is -1.51. The first-order valence-electron chi connectivity index (χ1n) is 6.82. The van der Waals surface area contributed by atoms with Crippen LogP contribution in [0.2, 0.25) is 5.02 Å². The monoisotopic (exact) mass is 391 g/mol. The van der Waals surface area contributed by atoms with E-state index in [1.54, 1.807) is 24.3 Å². The summed E-state index contributed by atoms with van der Waals surface area (Å²) in [6, 6.07) is 10.6. The number of aliphatic hydroxyl groups excluding tert-OH is 1. The summed E-state index contributed by atoms with van der Waals surface area (Å²) < 4.78 is 38.1. The third-order valence-electron chi connectivity index (χ3n) is 2.99. The lowest BCUT2D eigenvalue weighted by molar-refractivity contribution is 0.211. The molecule has 24 heavy (non-hydrogen) atoms. The fourth-order valence-corrected chi connectivity index (χ4v) is 2.76. The van der Waals surface area contributed by atoms with Crippen LogP contribution in [-0.4, -0.2) is 36.6 Å². The highest BCUT2D eigenvalue weighted by Gasteiger charge is 2.18. The van der Waals surface area contributed by atoms with Gasteiger partial charge >= 0.3 is 0 Å². The second-order valence-corrected chi connectivity index (χ2v) is 7.01. The van der Waals surface area contributed by atoms with E-state index >= 15 is 0 Å². The zero-order valence-electron chi connectivity index (χ0n) is 12.3. The zero-order chi connectivity index (χ0) is 17.7. The van der Waals surface area contributed by atoms with Gasteiger partial charge in [-0.15, -0.1) is 11.6 Å². The van der Waals surface area contributed by atoms with Gasteiger partial charge in [-0.25, -0.2) is 0 Å². The van der Waals surface area contributed by atoms with E-state index in [1.165, 1.54) is 18.2 Å². The van der Waals surface area contributed by atoms with Gasteiger partial charge in [-0.05, 0) is 36.4 Å². The van der Waals surface area contributed by atoms with Crippen LogP contribution < -0.4 is 10.1 Å². The summed E-state index contributed by atoms with van der Waals surface area (Å²) in [5.74, 6) is 0.666. The minimum Gasteiger partial charge on any atom is -0.457 e. The standard InChI is InChI=1S/C15H15Cl2NO5S/c16-8-11(19)9-18-14-6-5-13(7-15(14)24(20,21)22)23-12-3-1-10(17)2-4-12/h1-7,11,18-19H,8-9H2,(H,20,21,22). The molecular formula is C15H15Cl2NO5S. The summed E-state index contributed by atoms with van der Waals surface area (Å²) in [5.41, 5.74) is 0.130. The number of anilines is 1. The molecule has 0 bridgehead atoms. The molecular weight excluding hydrogens is 377 g/mol. The van der Waals surface area contributed by atoms with Gasteiger partial charge in [-0.2, -0.15) is 8.42 Å². The Kier molecular flexibility index (Phi) is 6.31. The third kappa shape index (κ3) is 5.25. The maximum absolute atomic E-state index is 11.6. The number of rotatable bonds is 7. The van der Waals surface area contributed by atoms with Crippen molar-refractivity contribution in [3.8, 4) is 11.5 Å². The predicted octanol–water partition coefficient (Wildman–Crippen LogP) is 3.39. The predicted molar refractivity (Wildman–Crippen MR) is 93.0 cm³/mol. The van der Waals surface area contributed by atoms with Crippen molar-refractivity contribution in [2.45, 2.75) is 11.0 Å². The van der Waals surface area contributed by atoms with Gasteiger partial charge in [0.1, 0.15) is 16.4 Å². The molecule has 9 heteroatoms. The zero-order valence-corrected chi connectivity index (χ0v) is 14.6. The quantitative estimate of drug-likeness (QED) is 0.494. The minimum absolute atomic E-state index is 0.00797. The Morgan fingerprint density at radius 2 is 1.75 bits per heavy atom. The van der Waals surface area contributed by atoms with Crippen molar-refractivity contribution in [1.29, 1.82) is 0 Å². The normalized spacial score (nSPS) is 12.7. The molecule has 0 saturated heterocycles. The highest BCUT2D eigenvalue weighted by atomic mass is 35.5. The number of alkyl halides is 1. The number of hydrogen-bond acceptors (Lipinski definition) is 5. The molecule has 1 unspecified atom stereocenters. The number of hydrogen-bond donors (Lipinski definition) is 3. The maximum Gasteiger partial charge on any atom is 0.296 e. The van der Waals surface area contributed by atoms with E-state index in [0.717, 1.165) is 0 Å². The molecule has 130 valence electrons. The molecule has 0 fully saturated rings. The lowest BCUT2D eigenvalue weighted by Crippen LogP contribution is -2.21. The van der Waals surface area contributed by atoms with Crippen molar-refractivity contribution < 1.29 is 22.8 Å². The Bertz CT molecular complexity index is 796. The van der Waals surface area contributed by atoms with Crippen molar-refractivity contribution >= 4 is 39.0 Å². The number of benzene rings is 2. The average molecular weight is 392 g/mol. The first-order valence-corrected chi connectivity index (χ1v) is 9.17. The lowest BCUT2D eigenvalue weighted by atomic mass is 10.2. The van der Waals surface area contributed by atoms with Gasteiger partial charge in [-0.3, -0.25) is 4.55 Å². The summed E-state index contributed by atoms with van der Waals surface area (Å²) in [5, 5.41) is 12.7. The molecule has 0 aliphatic carbocycles. The Labute approximate surface area is 149 Å². The molecule has 0 aromatic heterocycles. The van der Waals surface area contributed by atoms with Gasteiger partial charge in [0.2, 0.25) is 0 Å². The van der Waals surface area contributed by atoms with Crippen LogP contribution in [0.5, 0.6) is 11.5 Å². The van der Waals surface area contributed by atoms with Crippen LogP contribution in [0.4, 0.5) is 5.69 Å². The molecule has 2 aromatic carbocycles. The van der Waals surface area contributed by atoms with Crippen molar-refractivity contribution in [1.82, 2.24) is 0 Å². The fraction of sp³-hybridized carbons (Fsp3) is 0.200. The summed E-state index contributed by atoms with van der Waals surface area (Å²) in [7, 11) is -4.49. The molecule has 0 spiro atoms. The highest BCUT2D eigenvalue weighted by molar-refractivity contribution is 7.86. The minimum atomic E-state index is -4.49. The van der Waals surface area contributed by atoms with E-state index in [1.807, 2.05) is 0 Å². The highest BCUT2D eigenvalue weighted by Crippen LogP contribution is 2.30. The van der Waals surface area contributed by atoms with Crippen molar-refractivity contribution in [3.05, 3.63) is 47.5 Å². The lowest BCUT2D eigenvalue weighted by Gasteiger charge is -2.14. The first kappa shape index (κ1) is 18.8. The smallest absolute Gasteiger partial charge is 0.296 e. The van der Waals surface area contributed by atoms with Crippen LogP contribution in [0.1, 0.15) is 0 Å². The van der Waals surface area contributed by atoms with Gasteiger partial charge in [0.05, 0.1) is 17.7 Å². The molecule has 0 aliphatic rings. The molecule has 1 atom stereocenters. The van der Waals surface area contributed by atoms with Crippen LogP contribution in [0.3, 0.4) is 0 Å². The first-order chi connectivity index (χ1) is 11.3. The van der Waals surface area contributed by atoms with E-state index in [4.69, 9.17) is 27.9 Å². The second-order valence-electron chi connectivity index (χ2n) is 4.88. The number of aliphatic hydroxyl groups is 1. The number of ether oxygens (including phenoxy) is 1. The Morgan fingerprint density at radius 3 is 2.33 bits per heavy atom. The van der Waals surface area contributed by atoms with Crippen molar-refractivity contribution in [3.63, 3.8) is 0 Å². The summed E-state index contributed by atoms with van der Waals surface area (Å²) >= 11 is 11.3. The topological polar surface area (TPSA) is 95.9 Å². The summed E-state index contributed by atoms with van der Waals surface area (Å²) in [4.78, 5) is -0.365. The molecule has 0 radical (unpaired) electrons. The van der Waals surface area contributed by atoms with Gasteiger partial charge in [0.15, 0.2) is 0 Å². The molecule has 6 nitrogen and oxygen atoms in total. The van der Waals surface area contributed by atoms with Crippen molar-refractivity contribution in [2.24, 2.45) is 0 Å². The van der Waals surface area contributed by atoms with Crippen LogP contribution in [0, 0.1) is 0 Å². The van der Waals surface area contributed by atoms with E-state index in [9.17, 15) is 18.1 Å². The average Bonchev–Trinajstić information content (AvgIpc) is 2.54. The molecule has 2 aromatic rings. The van der Waals surface area contributed by atoms with E-state index < -0.39 is 16.2 Å². The van der Waals surface area contributed by atoms with Gasteiger partial charge < -0.3 is 15.2 Å². The molecule has 0 aliphatic heterocycles. The molecule has 3 N–H and O–H groups in total. The van der Waals surface area contributed by atoms with Gasteiger partial charge in [0, 0.05) is 17.6 Å². The Morgan fingerprint density at radius 1 is 1.12 bits per heavy atom. The fourth-order valence-electron chi connectivity index (χ4n) is 1.85. The SMILES string of the molecule is O=S(=O)(O)c1cc(Oc2ccc(Cl)cc2)ccc1NCC(O)CCl. The van der Waals surface area contributed by atoms with E-state index in [-0.39, 0.29) is 28.8 Å². The van der Waals surface area contributed by atoms with Crippen LogP contribution in [-0.2, 0) is 10.1 Å². The van der Waals surface area contributed by atoms with Gasteiger partial charge in [0.25, 0.3) is 10.1 Å². The van der Waals surface area contributed by atoms with Crippen molar-refractivity contribution in [2.75, 3.05) is 17.7 Å². The maximum atomic E-state index is 11.6. The second kappa shape index (κ2) is 8.04. The number of halogens is 2. The largest absolute Gasteiger partial charge is 0.457 e. The third-order valence-corrected chi connectivity index (χ3v) is 4.49. The van der Waals surface area contributed by atoms with Gasteiger partial charge in [-0.1, -0.05) is 11.6 Å². The molecule has 0 saturated carbocycles. The molecule has 0 heterocycles. The summed E-state index contributed by atoms with van der Waals surface area (Å²) in [6.45, 7) is 0.0312. The summed E-state index contributed by atoms with van der Waals surface area (Å²) in [6.07, 6.45) is -0.856. The van der Waals surface area contributed by atoms with Crippen LogP contribution in [0.15, 0.2) is 47.4 Å².